The predicted molar refractivity (Wildman–Crippen MR) is 61.1 cm³/mol. The molecule has 84 valence electrons. The second-order valence-corrected chi connectivity index (χ2v) is 5.86. The number of hydrogen-bond acceptors (Lipinski definition) is 4. The van der Waals surface area contributed by atoms with Crippen LogP contribution in [-0.4, -0.2) is 27.0 Å². The molecule has 4 nitrogen and oxygen atoms in total. The second-order valence-electron chi connectivity index (χ2n) is 3.16. The second kappa shape index (κ2) is 4.72. The minimum Gasteiger partial charge on any atom is -0.490 e. The van der Waals surface area contributed by atoms with Gasteiger partial charge in [-0.1, -0.05) is 11.6 Å². The van der Waals surface area contributed by atoms with Crippen molar-refractivity contribution in [1.82, 2.24) is 0 Å². The maximum absolute atomic E-state index is 10.8. The number of hydrogen-bond donors (Lipinski definition) is 1. The number of rotatable bonds is 4. The molecule has 0 aliphatic rings. The van der Waals surface area contributed by atoms with E-state index in [9.17, 15) is 8.42 Å². The molecule has 0 saturated carbocycles. The molecule has 0 spiro atoms. The third-order valence-corrected chi connectivity index (χ3v) is 2.83. The van der Waals surface area contributed by atoms with Gasteiger partial charge in [0.25, 0.3) is 0 Å². The number of ether oxygens (including phenoxy) is 1. The summed E-state index contributed by atoms with van der Waals surface area (Å²) in [6.45, 7) is 0.0880. The molecular weight excluding hydrogens is 238 g/mol. The van der Waals surface area contributed by atoms with E-state index in [2.05, 4.69) is 0 Å². The maximum Gasteiger partial charge on any atom is 0.150 e. The molecule has 0 fully saturated rings. The molecule has 0 unspecified atom stereocenters. The molecule has 0 amide bonds. The van der Waals surface area contributed by atoms with Crippen molar-refractivity contribution < 1.29 is 13.2 Å². The molecule has 0 aliphatic carbocycles. The first-order valence-electron chi connectivity index (χ1n) is 4.24. The lowest BCUT2D eigenvalue weighted by Crippen LogP contribution is -2.12. The van der Waals surface area contributed by atoms with E-state index in [0.717, 1.165) is 6.26 Å². The summed E-state index contributed by atoms with van der Waals surface area (Å²) in [6, 6.07) is 4.80. The monoisotopic (exact) mass is 249 g/mol. The fraction of sp³-hybridized carbons (Fsp3) is 0.333. The molecule has 1 aromatic rings. The summed E-state index contributed by atoms with van der Waals surface area (Å²) in [6.07, 6.45) is 1.15. The highest BCUT2D eigenvalue weighted by molar-refractivity contribution is 7.90. The van der Waals surface area contributed by atoms with Crippen LogP contribution in [0.1, 0.15) is 0 Å². The Morgan fingerprint density at radius 2 is 2.13 bits per heavy atom. The summed E-state index contributed by atoms with van der Waals surface area (Å²) in [5, 5.41) is 0.517. The lowest BCUT2D eigenvalue weighted by molar-refractivity contribution is 0.343. The van der Waals surface area contributed by atoms with Crippen LogP contribution in [0, 0.1) is 0 Å². The van der Waals surface area contributed by atoms with Gasteiger partial charge >= 0.3 is 0 Å². The first-order valence-corrected chi connectivity index (χ1v) is 6.68. The first-order chi connectivity index (χ1) is 6.88. The zero-order valence-electron chi connectivity index (χ0n) is 8.23. The molecule has 6 heteroatoms. The predicted octanol–water partition coefficient (Wildman–Crippen LogP) is 1.35. The summed E-state index contributed by atoms with van der Waals surface area (Å²) in [7, 11) is -3.01. The normalized spacial score (nSPS) is 11.3. The molecule has 1 rings (SSSR count). The fourth-order valence-electron chi connectivity index (χ4n) is 0.954. The highest BCUT2D eigenvalue weighted by atomic mass is 35.5. The van der Waals surface area contributed by atoms with Crippen LogP contribution >= 0.6 is 11.6 Å². The Hall–Kier alpha value is -0.940. The van der Waals surface area contributed by atoms with Gasteiger partial charge in [0.2, 0.25) is 0 Å². The Labute approximate surface area is 93.9 Å². The summed E-state index contributed by atoms with van der Waals surface area (Å²) in [5.41, 5.74) is 6.01. The summed E-state index contributed by atoms with van der Waals surface area (Å²) in [4.78, 5) is 0. The smallest absolute Gasteiger partial charge is 0.150 e. The maximum atomic E-state index is 10.8. The van der Waals surface area contributed by atoms with Crippen molar-refractivity contribution in [3.05, 3.63) is 23.2 Å². The average molecular weight is 250 g/mol. The van der Waals surface area contributed by atoms with Gasteiger partial charge < -0.3 is 10.5 Å². The molecule has 2 N–H and O–H groups in total. The van der Waals surface area contributed by atoms with Gasteiger partial charge in [-0.05, 0) is 18.2 Å². The van der Waals surface area contributed by atoms with E-state index in [1.54, 1.807) is 18.2 Å². The van der Waals surface area contributed by atoms with Gasteiger partial charge in [-0.15, -0.1) is 0 Å². The molecular formula is C9H12ClNO3S. The van der Waals surface area contributed by atoms with Crippen LogP contribution in [0.25, 0.3) is 0 Å². The van der Waals surface area contributed by atoms with Crippen molar-refractivity contribution in [1.29, 1.82) is 0 Å². The van der Waals surface area contributed by atoms with Gasteiger partial charge in [-0.25, -0.2) is 8.42 Å². The number of anilines is 1. The van der Waals surface area contributed by atoms with Crippen molar-refractivity contribution in [2.24, 2.45) is 0 Å². The standard InChI is InChI=1S/C9H12ClNO3S/c1-15(12,13)5-4-14-9-3-2-7(10)6-8(9)11/h2-3,6H,4-5,11H2,1H3. The number of sulfone groups is 1. The average Bonchev–Trinajstić information content (AvgIpc) is 2.07. The van der Waals surface area contributed by atoms with Gasteiger partial charge in [0.15, 0.2) is 9.84 Å². The Morgan fingerprint density at radius 3 is 2.67 bits per heavy atom. The summed E-state index contributed by atoms with van der Waals surface area (Å²) in [5.74, 6) is 0.415. The van der Waals surface area contributed by atoms with Gasteiger partial charge in [-0.2, -0.15) is 0 Å². The van der Waals surface area contributed by atoms with E-state index in [1.807, 2.05) is 0 Å². The van der Waals surface area contributed by atoms with E-state index >= 15 is 0 Å². The van der Waals surface area contributed by atoms with E-state index in [4.69, 9.17) is 22.1 Å². The van der Waals surface area contributed by atoms with Crippen molar-refractivity contribution in [2.75, 3.05) is 24.3 Å². The van der Waals surface area contributed by atoms with E-state index in [-0.39, 0.29) is 12.4 Å². The SMILES string of the molecule is CS(=O)(=O)CCOc1ccc(Cl)cc1N. The minimum absolute atomic E-state index is 0.0327. The Morgan fingerprint density at radius 1 is 1.47 bits per heavy atom. The minimum atomic E-state index is -3.01. The third-order valence-electron chi connectivity index (χ3n) is 1.68. The molecule has 15 heavy (non-hydrogen) atoms. The largest absolute Gasteiger partial charge is 0.490 e. The zero-order valence-corrected chi connectivity index (χ0v) is 9.81. The Kier molecular flexibility index (Phi) is 3.82. The van der Waals surface area contributed by atoms with Gasteiger partial charge in [0.1, 0.15) is 12.4 Å². The summed E-state index contributed by atoms with van der Waals surface area (Å²) >= 11 is 5.69. The van der Waals surface area contributed by atoms with Crippen LogP contribution in [0.4, 0.5) is 5.69 Å². The third kappa shape index (κ3) is 4.40. The quantitative estimate of drug-likeness (QED) is 0.818. The molecule has 0 heterocycles. The molecule has 0 bridgehead atoms. The van der Waals surface area contributed by atoms with Crippen LogP contribution < -0.4 is 10.5 Å². The lowest BCUT2D eigenvalue weighted by Gasteiger charge is -2.08. The van der Waals surface area contributed by atoms with Gasteiger partial charge in [-0.3, -0.25) is 0 Å². The van der Waals surface area contributed by atoms with E-state index in [1.165, 1.54) is 0 Å². The number of nitrogen functional groups attached to an aromatic ring is 1. The first kappa shape index (κ1) is 12.1. The van der Waals surface area contributed by atoms with E-state index < -0.39 is 9.84 Å². The molecule has 1 aromatic carbocycles. The topological polar surface area (TPSA) is 69.4 Å². The molecule has 0 aliphatic heterocycles. The van der Waals surface area contributed by atoms with E-state index in [0.29, 0.717) is 16.5 Å². The van der Waals surface area contributed by atoms with Crippen molar-refractivity contribution in [2.45, 2.75) is 0 Å². The molecule has 0 saturated heterocycles. The fourth-order valence-corrected chi connectivity index (χ4v) is 1.52. The van der Waals surface area contributed by atoms with Crippen LogP contribution in [0.3, 0.4) is 0 Å². The van der Waals surface area contributed by atoms with Crippen molar-refractivity contribution >= 4 is 27.1 Å². The number of halogens is 1. The number of nitrogens with two attached hydrogens (primary N) is 1. The van der Waals surface area contributed by atoms with Crippen LogP contribution in [0.2, 0.25) is 5.02 Å². The molecule has 0 radical (unpaired) electrons. The van der Waals surface area contributed by atoms with Gasteiger partial charge in [0.05, 0.1) is 11.4 Å². The molecule has 0 aromatic heterocycles. The molecule has 0 atom stereocenters. The lowest BCUT2D eigenvalue weighted by atomic mass is 10.3. The summed E-state index contributed by atoms with van der Waals surface area (Å²) < 4.78 is 26.9. The van der Waals surface area contributed by atoms with Crippen LogP contribution in [-0.2, 0) is 9.84 Å². The highest BCUT2D eigenvalue weighted by Gasteiger charge is 2.04. The van der Waals surface area contributed by atoms with Crippen LogP contribution in [0.5, 0.6) is 5.75 Å². The highest BCUT2D eigenvalue weighted by Crippen LogP contribution is 2.24. The van der Waals surface area contributed by atoms with Crippen LogP contribution in [0.15, 0.2) is 18.2 Å². The van der Waals surface area contributed by atoms with Crippen molar-refractivity contribution in [3.8, 4) is 5.75 Å². The number of benzene rings is 1. The Bertz CT molecular complexity index is 445. The zero-order chi connectivity index (χ0) is 11.5. The van der Waals surface area contributed by atoms with Gasteiger partial charge in [0, 0.05) is 11.3 Å². The van der Waals surface area contributed by atoms with Crippen molar-refractivity contribution in [3.63, 3.8) is 0 Å². The Balaban J connectivity index is 2.59.